The SMILES string of the molecule is C[C@@H](N)c1nccn1C.Cl.Cl. The molecule has 0 spiro atoms. The normalized spacial score (nSPS) is 11.2. The lowest BCUT2D eigenvalue weighted by Crippen LogP contribution is -2.10. The highest BCUT2D eigenvalue weighted by molar-refractivity contribution is 5.85. The maximum atomic E-state index is 5.58. The van der Waals surface area contributed by atoms with Gasteiger partial charge < -0.3 is 10.3 Å². The van der Waals surface area contributed by atoms with Crippen molar-refractivity contribution in [2.24, 2.45) is 12.8 Å². The zero-order valence-corrected chi connectivity index (χ0v) is 8.15. The van der Waals surface area contributed by atoms with E-state index in [9.17, 15) is 0 Å². The van der Waals surface area contributed by atoms with Gasteiger partial charge in [0.25, 0.3) is 0 Å². The van der Waals surface area contributed by atoms with Gasteiger partial charge in [0.15, 0.2) is 0 Å². The number of aromatic nitrogens is 2. The van der Waals surface area contributed by atoms with Gasteiger partial charge in [0.1, 0.15) is 5.82 Å². The summed E-state index contributed by atoms with van der Waals surface area (Å²) in [5.74, 6) is 0.926. The largest absolute Gasteiger partial charge is 0.337 e. The van der Waals surface area contributed by atoms with Crippen LogP contribution in [0, 0.1) is 0 Å². The summed E-state index contributed by atoms with van der Waals surface area (Å²) in [6.45, 7) is 1.92. The van der Waals surface area contributed by atoms with Crippen LogP contribution in [0.15, 0.2) is 12.4 Å². The Morgan fingerprint density at radius 3 is 2.27 bits per heavy atom. The molecule has 0 radical (unpaired) electrons. The Bertz CT molecular complexity index is 197. The average molecular weight is 198 g/mol. The Kier molecular flexibility index (Phi) is 6.56. The van der Waals surface area contributed by atoms with Crippen LogP contribution in [0.2, 0.25) is 0 Å². The summed E-state index contributed by atoms with van der Waals surface area (Å²) in [5, 5.41) is 0. The van der Waals surface area contributed by atoms with Crippen molar-refractivity contribution in [3.05, 3.63) is 18.2 Å². The molecule has 0 saturated carbocycles. The third-order valence-electron chi connectivity index (χ3n) is 1.27. The summed E-state index contributed by atoms with van der Waals surface area (Å²) < 4.78 is 1.92. The van der Waals surface area contributed by atoms with Crippen molar-refractivity contribution in [1.29, 1.82) is 0 Å². The summed E-state index contributed by atoms with van der Waals surface area (Å²) >= 11 is 0. The van der Waals surface area contributed by atoms with Gasteiger partial charge in [-0.3, -0.25) is 0 Å². The molecule has 1 aromatic heterocycles. The summed E-state index contributed by atoms with van der Waals surface area (Å²) in [6.07, 6.45) is 3.64. The molecule has 0 aromatic carbocycles. The van der Waals surface area contributed by atoms with E-state index >= 15 is 0 Å². The fourth-order valence-corrected chi connectivity index (χ4v) is 0.816. The van der Waals surface area contributed by atoms with Gasteiger partial charge in [-0.25, -0.2) is 4.98 Å². The minimum Gasteiger partial charge on any atom is -0.337 e. The number of aryl methyl sites for hydroxylation is 1. The fourth-order valence-electron chi connectivity index (χ4n) is 0.816. The molecular formula is C6H13Cl2N3. The molecule has 1 aromatic rings. The Labute approximate surface area is 78.8 Å². The number of hydrogen-bond acceptors (Lipinski definition) is 2. The molecule has 2 N–H and O–H groups in total. The molecular weight excluding hydrogens is 185 g/mol. The fraction of sp³-hybridized carbons (Fsp3) is 0.500. The van der Waals surface area contributed by atoms with Crippen LogP contribution in [0.3, 0.4) is 0 Å². The van der Waals surface area contributed by atoms with Crippen LogP contribution in [0.5, 0.6) is 0 Å². The van der Waals surface area contributed by atoms with Gasteiger partial charge in [-0.2, -0.15) is 0 Å². The number of hydrogen-bond donors (Lipinski definition) is 1. The second-order valence-corrected chi connectivity index (χ2v) is 2.19. The van der Waals surface area contributed by atoms with E-state index in [0.29, 0.717) is 0 Å². The van der Waals surface area contributed by atoms with Gasteiger partial charge >= 0.3 is 0 Å². The topological polar surface area (TPSA) is 43.8 Å². The summed E-state index contributed by atoms with van der Waals surface area (Å²) in [4.78, 5) is 4.05. The van der Waals surface area contributed by atoms with E-state index in [0.717, 1.165) is 5.82 Å². The molecule has 0 bridgehead atoms. The first-order valence-corrected chi connectivity index (χ1v) is 2.94. The van der Waals surface area contributed by atoms with Gasteiger partial charge in [0.05, 0.1) is 6.04 Å². The molecule has 5 heteroatoms. The van der Waals surface area contributed by atoms with Crippen molar-refractivity contribution in [2.45, 2.75) is 13.0 Å². The highest BCUT2D eigenvalue weighted by Crippen LogP contribution is 2.02. The third kappa shape index (κ3) is 3.10. The highest BCUT2D eigenvalue weighted by atomic mass is 35.5. The monoisotopic (exact) mass is 197 g/mol. The molecule has 0 unspecified atom stereocenters. The van der Waals surface area contributed by atoms with Crippen molar-refractivity contribution in [2.75, 3.05) is 0 Å². The molecule has 0 saturated heterocycles. The first-order valence-electron chi connectivity index (χ1n) is 2.94. The number of nitrogens with two attached hydrogens (primary N) is 1. The molecule has 0 aliphatic carbocycles. The average Bonchev–Trinajstić information content (AvgIpc) is 2.13. The predicted molar refractivity (Wildman–Crippen MR) is 50.3 cm³/mol. The van der Waals surface area contributed by atoms with Gasteiger partial charge in [-0.1, -0.05) is 0 Å². The van der Waals surface area contributed by atoms with Gasteiger partial charge in [0, 0.05) is 19.4 Å². The van der Waals surface area contributed by atoms with E-state index in [1.807, 2.05) is 24.7 Å². The standard InChI is InChI=1S/C6H11N3.2ClH/c1-5(7)6-8-3-4-9(6)2;;/h3-5H,7H2,1-2H3;2*1H/t5-;;/m1../s1. The Hall–Kier alpha value is -0.250. The number of imidazole rings is 1. The minimum atomic E-state index is 0. The first kappa shape index (κ1) is 13.3. The van der Waals surface area contributed by atoms with E-state index < -0.39 is 0 Å². The minimum absolute atomic E-state index is 0. The predicted octanol–water partition coefficient (Wildman–Crippen LogP) is 1.28. The van der Waals surface area contributed by atoms with Crippen LogP contribution < -0.4 is 5.73 Å². The molecule has 1 rings (SSSR count). The van der Waals surface area contributed by atoms with E-state index in [1.165, 1.54) is 0 Å². The van der Waals surface area contributed by atoms with Crippen molar-refractivity contribution in [3.8, 4) is 0 Å². The molecule has 3 nitrogen and oxygen atoms in total. The second-order valence-electron chi connectivity index (χ2n) is 2.19. The Morgan fingerprint density at radius 1 is 1.55 bits per heavy atom. The van der Waals surface area contributed by atoms with Crippen LogP contribution in [0.4, 0.5) is 0 Å². The number of halogens is 2. The molecule has 11 heavy (non-hydrogen) atoms. The van der Waals surface area contributed by atoms with Gasteiger partial charge in [0.2, 0.25) is 0 Å². The van der Waals surface area contributed by atoms with Crippen LogP contribution in [0.25, 0.3) is 0 Å². The quantitative estimate of drug-likeness (QED) is 0.738. The molecule has 0 aliphatic heterocycles. The lowest BCUT2D eigenvalue weighted by atomic mass is 10.3. The van der Waals surface area contributed by atoms with E-state index in [4.69, 9.17) is 5.73 Å². The first-order chi connectivity index (χ1) is 4.22. The van der Waals surface area contributed by atoms with Crippen LogP contribution in [-0.2, 0) is 7.05 Å². The lowest BCUT2D eigenvalue weighted by Gasteiger charge is -2.02. The Balaban J connectivity index is 0. The van der Waals surface area contributed by atoms with Crippen LogP contribution >= 0.6 is 24.8 Å². The van der Waals surface area contributed by atoms with Gasteiger partial charge in [-0.05, 0) is 6.92 Å². The van der Waals surface area contributed by atoms with Crippen molar-refractivity contribution in [1.82, 2.24) is 9.55 Å². The van der Waals surface area contributed by atoms with Crippen molar-refractivity contribution >= 4 is 24.8 Å². The molecule has 0 fully saturated rings. The second kappa shape index (κ2) is 5.41. The van der Waals surface area contributed by atoms with E-state index in [-0.39, 0.29) is 30.9 Å². The maximum absolute atomic E-state index is 5.58. The molecule has 1 atom stereocenters. The maximum Gasteiger partial charge on any atom is 0.125 e. The summed E-state index contributed by atoms with van der Waals surface area (Å²) in [5.41, 5.74) is 5.58. The van der Waals surface area contributed by atoms with E-state index in [2.05, 4.69) is 4.98 Å². The van der Waals surface area contributed by atoms with Gasteiger partial charge in [-0.15, -0.1) is 24.8 Å². The molecule has 0 amide bonds. The van der Waals surface area contributed by atoms with E-state index in [1.54, 1.807) is 6.20 Å². The zero-order chi connectivity index (χ0) is 6.85. The number of nitrogens with zero attached hydrogens (tertiary/aromatic N) is 2. The highest BCUT2D eigenvalue weighted by Gasteiger charge is 2.01. The lowest BCUT2D eigenvalue weighted by molar-refractivity contribution is 0.686. The van der Waals surface area contributed by atoms with Crippen LogP contribution in [0.1, 0.15) is 18.8 Å². The molecule has 1 heterocycles. The smallest absolute Gasteiger partial charge is 0.125 e. The zero-order valence-electron chi connectivity index (χ0n) is 6.52. The Morgan fingerprint density at radius 2 is 2.09 bits per heavy atom. The molecule has 0 aliphatic rings. The third-order valence-corrected chi connectivity index (χ3v) is 1.27. The summed E-state index contributed by atoms with van der Waals surface area (Å²) in [6, 6.07) is 0.0324. The molecule has 66 valence electrons. The number of rotatable bonds is 1. The van der Waals surface area contributed by atoms with Crippen molar-refractivity contribution < 1.29 is 0 Å². The van der Waals surface area contributed by atoms with Crippen molar-refractivity contribution in [3.63, 3.8) is 0 Å². The summed E-state index contributed by atoms with van der Waals surface area (Å²) in [7, 11) is 1.94. The van der Waals surface area contributed by atoms with Crippen LogP contribution in [-0.4, -0.2) is 9.55 Å².